The van der Waals surface area contributed by atoms with Gasteiger partial charge >= 0.3 is 6.36 Å². The van der Waals surface area contributed by atoms with Crippen LogP contribution in [0.1, 0.15) is 24.3 Å². The number of ether oxygens (including phenoxy) is 1. The molecule has 1 unspecified atom stereocenters. The summed E-state index contributed by atoms with van der Waals surface area (Å²) in [4.78, 5) is 15.5. The van der Waals surface area contributed by atoms with Crippen molar-refractivity contribution >= 4 is 27.5 Å². The van der Waals surface area contributed by atoms with Crippen molar-refractivity contribution in [3.05, 3.63) is 23.2 Å². The lowest BCUT2D eigenvalue weighted by Gasteiger charge is -2.07. The van der Waals surface area contributed by atoms with E-state index in [2.05, 4.69) is 9.72 Å². The van der Waals surface area contributed by atoms with E-state index in [0.29, 0.717) is 21.6 Å². The molecule has 108 valence electrons. The summed E-state index contributed by atoms with van der Waals surface area (Å²) in [6, 6.07) is 3.85. The first-order chi connectivity index (χ1) is 9.30. The zero-order valence-electron chi connectivity index (χ0n) is 10.4. The number of nitrogens with zero attached hydrogens (tertiary/aromatic N) is 1. The molecule has 1 atom stereocenters. The zero-order chi connectivity index (χ0) is 14.9. The quantitative estimate of drug-likeness (QED) is 0.943. The number of aromatic nitrogens is 1. The van der Waals surface area contributed by atoms with E-state index in [1.165, 1.54) is 18.2 Å². The number of carbonyl (C=O) groups excluding carboxylic acids is 1. The van der Waals surface area contributed by atoms with Gasteiger partial charge in [-0.25, -0.2) is 4.98 Å². The fourth-order valence-corrected chi connectivity index (χ4v) is 2.95. The number of halogens is 3. The molecule has 0 aliphatic heterocycles. The number of amides is 1. The molecule has 0 bridgehead atoms. The third-order valence-electron chi connectivity index (χ3n) is 2.66. The number of alkyl halides is 3. The van der Waals surface area contributed by atoms with Crippen LogP contribution in [-0.4, -0.2) is 17.3 Å². The van der Waals surface area contributed by atoms with Crippen molar-refractivity contribution in [2.24, 2.45) is 5.73 Å². The topological polar surface area (TPSA) is 65.2 Å². The average Bonchev–Trinajstić information content (AvgIpc) is 2.69. The molecule has 0 aliphatic carbocycles. The molecule has 0 radical (unpaired) electrons. The van der Waals surface area contributed by atoms with E-state index in [0.717, 1.165) is 11.3 Å². The average molecular weight is 304 g/mol. The van der Waals surface area contributed by atoms with Crippen LogP contribution >= 0.6 is 11.3 Å². The normalized spacial score (nSPS) is 13.4. The van der Waals surface area contributed by atoms with E-state index in [1.807, 2.05) is 0 Å². The third kappa shape index (κ3) is 3.19. The fourth-order valence-electron chi connectivity index (χ4n) is 1.77. The van der Waals surface area contributed by atoms with Gasteiger partial charge in [-0.15, -0.1) is 24.5 Å². The molecule has 2 N–H and O–H groups in total. The molecular weight excluding hydrogens is 293 g/mol. The molecule has 1 aromatic heterocycles. The molecule has 4 nitrogen and oxygen atoms in total. The molecule has 1 amide bonds. The summed E-state index contributed by atoms with van der Waals surface area (Å²) in [6.07, 6.45) is -4.25. The second-order valence-electron chi connectivity index (χ2n) is 4.09. The maximum Gasteiger partial charge on any atom is 0.573 e. The molecule has 0 saturated heterocycles. The van der Waals surface area contributed by atoms with Gasteiger partial charge in [0.15, 0.2) is 0 Å². The van der Waals surface area contributed by atoms with Gasteiger partial charge in [-0.2, -0.15) is 0 Å². The molecule has 1 heterocycles. The number of primary amides is 1. The Labute approximate surface area is 116 Å². The molecule has 2 rings (SSSR count). The van der Waals surface area contributed by atoms with Gasteiger partial charge in [-0.3, -0.25) is 4.79 Å². The van der Waals surface area contributed by atoms with E-state index in [9.17, 15) is 18.0 Å². The van der Waals surface area contributed by atoms with E-state index in [4.69, 9.17) is 5.73 Å². The molecule has 1 aromatic carbocycles. The summed E-state index contributed by atoms with van der Waals surface area (Å²) < 4.78 is 40.8. The van der Waals surface area contributed by atoms with Crippen LogP contribution in [0, 0.1) is 0 Å². The minimum absolute atomic E-state index is 0.313. The minimum Gasteiger partial charge on any atom is -0.406 e. The van der Waals surface area contributed by atoms with Gasteiger partial charge in [0, 0.05) is 0 Å². The van der Waals surface area contributed by atoms with Gasteiger partial charge in [0.05, 0.1) is 16.1 Å². The number of benzene rings is 1. The number of fused-ring (bicyclic) bond motifs is 1. The molecule has 0 fully saturated rings. The van der Waals surface area contributed by atoms with Crippen molar-refractivity contribution in [3.63, 3.8) is 0 Å². The maximum absolute atomic E-state index is 12.1. The van der Waals surface area contributed by atoms with Crippen molar-refractivity contribution in [3.8, 4) is 5.75 Å². The largest absolute Gasteiger partial charge is 0.573 e. The van der Waals surface area contributed by atoms with Gasteiger partial charge in [-0.1, -0.05) is 6.92 Å². The smallest absolute Gasteiger partial charge is 0.406 e. The van der Waals surface area contributed by atoms with Crippen LogP contribution in [-0.2, 0) is 4.79 Å². The number of carbonyl (C=O) groups is 1. The van der Waals surface area contributed by atoms with Crippen LogP contribution in [0.5, 0.6) is 5.75 Å². The van der Waals surface area contributed by atoms with Crippen LogP contribution in [0.25, 0.3) is 10.2 Å². The Morgan fingerprint density at radius 3 is 2.75 bits per heavy atom. The zero-order valence-corrected chi connectivity index (χ0v) is 11.2. The molecular formula is C12H11F3N2O2S. The second-order valence-corrected chi connectivity index (χ2v) is 5.15. The summed E-state index contributed by atoms with van der Waals surface area (Å²) >= 11 is 1.14. The Morgan fingerprint density at radius 1 is 1.50 bits per heavy atom. The predicted molar refractivity (Wildman–Crippen MR) is 68.5 cm³/mol. The number of hydrogen-bond acceptors (Lipinski definition) is 4. The van der Waals surface area contributed by atoms with Crippen molar-refractivity contribution in [2.75, 3.05) is 0 Å². The fraction of sp³-hybridized carbons (Fsp3) is 0.333. The van der Waals surface area contributed by atoms with Crippen LogP contribution < -0.4 is 10.5 Å². The first-order valence-corrected chi connectivity index (χ1v) is 6.57. The number of nitrogens with two attached hydrogens (primary N) is 1. The highest BCUT2D eigenvalue weighted by Crippen LogP contribution is 2.33. The van der Waals surface area contributed by atoms with Gasteiger partial charge in [0.2, 0.25) is 5.91 Å². The van der Waals surface area contributed by atoms with E-state index in [-0.39, 0.29) is 5.75 Å². The third-order valence-corrected chi connectivity index (χ3v) is 3.79. The lowest BCUT2D eigenvalue weighted by molar-refractivity contribution is -0.274. The Hall–Kier alpha value is -1.83. The highest BCUT2D eigenvalue weighted by molar-refractivity contribution is 7.18. The molecule has 20 heavy (non-hydrogen) atoms. The van der Waals surface area contributed by atoms with Crippen LogP contribution in [0.3, 0.4) is 0 Å². The minimum atomic E-state index is -4.74. The van der Waals surface area contributed by atoms with Gasteiger partial charge < -0.3 is 10.5 Å². The predicted octanol–water partition coefficient (Wildman–Crippen LogP) is 3.17. The molecule has 0 saturated carbocycles. The second kappa shape index (κ2) is 5.28. The lowest BCUT2D eigenvalue weighted by Crippen LogP contribution is -2.20. The van der Waals surface area contributed by atoms with Gasteiger partial charge in [0.25, 0.3) is 0 Å². The summed E-state index contributed by atoms with van der Waals surface area (Å²) in [5.74, 6) is -1.34. The number of hydrogen-bond donors (Lipinski definition) is 1. The summed E-state index contributed by atoms with van der Waals surface area (Å²) in [7, 11) is 0. The Balaban J connectivity index is 2.37. The molecule has 0 aliphatic rings. The van der Waals surface area contributed by atoms with Gasteiger partial charge in [-0.05, 0) is 24.6 Å². The Morgan fingerprint density at radius 2 is 2.20 bits per heavy atom. The maximum atomic E-state index is 12.1. The van der Waals surface area contributed by atoms with Crippen molar-refractivity contribution in [2.45, 2.75) is 25.6 Å². The summed E-state index contributed by atoms with van der Waals surface area (Å²) in [5.41, 5.74) is 5.78. The molecule has 8 heteroatoms. The van der Waals surface area contributed by atoms with E-state index >= 15 is 0 Å². The first kappa shape index (κ1) is 14.6. The Kier molecular flexibility index (Phi) is 3.85. The van der Waals surface area contributed by atoms with Crippen molar-refractivity contribution in [1.29, 1.82) is 0 Å². The first-order valence-electron chi connectivity index (χ1n) is 5.75. The van der Waals surface area contributed by atoms with Crippen molar-refractivity contribution < 1.29 is 22.7 Å². The highest BCUT2D eigenvalue weighted by Gasteiger charge is 2.31. The molecule has 0 spiro atoms. The highest BCUT2D eigenvalue weighted by atomic mass is 32.1. The summed E-state index contributed by atoms with van der Waals surface area (Å²) in [5, 5.41) is 0.499. The molecule has 2 aromatic rings. The van der Waals surface area contributed by atoms with Crippen LogP contribution in [0.15, 0.2) is 18.2 Å². The van der Waals surface area contributed by atoms with Crippen molar-refractivity contribution in [1.82, 2.24) is 4.98 Å². The van der Waals surface area contributed by atoms with Crippen LogP contribution in [0.2, 0.25) is 0 Å². The Bertz CT molecular complexity index is 639. The SMILES string of the molecule is CCC(C(N)=O)c1nc2ccc(OC(F)(F)F)cc2s1. The van der Waals surface area contributed by atoms with E-state index < -0.39 is 18.2 Å². The number of rotatable bonds is 4. The standard InChI is InChI=1S/C12H11F3N2O2S/c1-2-7(10(16)18)11-17-8-4-3-6(5-9(8)20-11)19-12(13,14)15/h3-5,7H,2H2,1H3,(H2,16,18). The summed E-state index contributed by atoms with van der Waals surface area (Å²) in [6.45, 7) is 1.79. The van der Waals surface area contributed by atoms with Crippen LogP contribution in [0.4, 0.5) is 13.2 Å². The van der Waals surface area contributed by atoms with Gasteiger partial charge in [0.1, 0.15) is 10.8 Å². The number of thiazole rings is 1. The monoisotopic (exact) mass is 304 g/mol. The van der Waals surface area contributed by atoms with E-state index in [1.54, 1.807) is 6.92 Å². The lowest BCUT2D eigenvalue weighted by atomic mass is 10.1.